The van der Waals surface area contributed by atoms with Gasteiger partial charge in [-0.1, -0.05) is 0 Å². The van der Waals surface area contributed by atoms with Crippen molar-refractivity contribution in [1.29, 1.82) is 0 Å². The molecule has 0 atom stereocenters. The maximum atomic E-state index is 8.36. The van der Waals surface area contributed by atoms with E-state index in [4.69, 9.17) is 30.6 Å². The summed E-state index contributed by atoms with van der Waals surface area (Å²) < 4.78 is 0. The maximum absolute atomic E-state index is 8.36. The Balaban J connectivity index is -0.0000000787. The highest BCUT2D eigenvalue weighted by molar-refractivity contribution is 3.83. The molecule has 0 aromatic rings. The number of rotatable bonds is 0. The third kappa shape index (κ3) is 63.4. The van der Waals surface area contributed by atoms with Gasteiger partial charge in [-0.05, 0) is 0 Å². The van der Waals surface area contributed by atoms with Crippen LogP contribution in [-0.2, 0) is 0 Å². The van der Waals surface area contributed by atoms with Gasteiger partial charge in [-0.15, -0.1) is 20.2 Å². The van der Waals surface area contributed by atoms with Gasteiger partial charge >= 0.3 is 0 Å². The van der Waals surface area contributed by atoms with Crippen molar-refractivity contribution in [2.45, 2.75) is 0 Å². The van der Waals surface area contributed by atoms with E-state index in [9.17, 15) is 0 Å². The van der Waals surface area contributed by atoms with Gasteiger partial charge < -0.3 is 10.4 Å². The molecule has 0 bridgehead atoms. The van der Waals surface area contributed by atoms with Gasteiger partial charge in [0.25, 0.3) is 10.2 Å². The van der Waals surface area contributed by atoms with E-state index >= 15 is 0 Å². The van der Waals surface area contributed by atoms with Crippen LogP contribution in [0.3, 0.4) is 0 Å². The normalized spacial score (nSPS) is 5.40. The summed E-state index contributed by atoms with van der Waals surface area (Å²) in [6.07, 6.45) is 0. The molecule has 0 aliphatic carbocycles. The largest absolute Gasteiger partial charge is 0.328 e. The molecule has 0 radical (unpaired) electrons. The van der Waals surface area contributed by atoms with Crippen LogP contribution in [0, 0.1) is 20.2 Å². The Morgan fingerprint density at radius 2 is 1.00 bits per heavy atom. The minimum Gasteiger partial charge on any atom is -0.328 e. The van der Waals surface area contributed by atoms with Gasteiger partial charge in [0, 0.05) is 0 Å². The third-order valence-corrected chi connectivity index (χ3v) is 0. The van der Waals surface area contributed by atoms with Crippen LogP contribution in [0.5, 0.6) is 0 Å². The Morgan fingerprint density at radius 3 is 1.00 bits per heavy atom. The zero-order valence-corrected chi connectivity index (χ0v) is 4.58. The van der Waals surface area contributed by atoms with Crippen molar-refractivity contribution in [1.82, 2.24) is 0 Å². The monoisotopic (exact) mass is 158 g/mol. The first-order valence-electron chi connectivity index (χ1n) is 1.46. The van der Waals surface area contributed by atoms with Gasteiger partial charge in [0.05, 0.1) is 0 Å². The van der Waals surface area contributed by atoms with Gasteiger partial charge in [-0.3, -0.25) is 11.7 Å². The molecule has 10 heavy (non-hydrogen) atoms. The summed E-state index contributed by atoms with van der Waals surface area (Å²) in [6.45, 7) is 0. The first kappa shape index (κ1) is 15.8. The van der Waals surface area contributed by atoms with E-state index in [1.54, 1.807) is 0 Å². The molecule has 10 nitrogen and oxygen atoms in total. The van der Waals surface area contributed by atoms with Crippen LogP contribution in [0.15, 0.2) is 0 Å². The lowest BCUT2D eigenvalue weighted by Crippen LogP contribution is -2.02. The van der Waals surface area contributed by atoms with Gasteiger partial charge in [0.15, 0.2) is 0 Å². The van der Waals surface area contributed by atoms with Crippen LogP contribution in [0.2, 0.25) is 0 Å². The number of hydrogen-bond acceptors (Lipinski definition) is 6. The molecule has 0 amide bonds. The summed E-state index contributed by atoms with van der Waals surface area (Å²) in [7, 11) is 0. The van der Waals surface area contributed by atoms with Crippen molar-refractivity contribution in [2.75, 3.05) is 0 Å². The van der Waals surface area contributed by atoms with E-state index in [1.165, 1.54) is 0 Å². The van der Waals surface area contributed by atoms with Gasteiger partial charge in [0.1, 0.15) is 0 Å². The fourth-order valence-electron chi connectivity index (χ4n) is 0. The van der Waals surface area contributed by atoms with Crippen molar-refractivity contribution in [3.8, 4) is 0 Å². The summed E-state index contributed by atoms with van der Waals surface area (Å²) in [4.78, 5) is 16.7. The second-order valence-corrected chi connectivity index (χ2v) is 0.476. The van der Waals surface area contributed by atoms with Crippen molar-refractivity contribution < 1.29 is 20.6 Å². The molecule has 0 aliphatic rings. The minimum atomic E-state index is -1.50. The predicted octanol–water partition coefficient (Wildman–Crippen LogP) is -1.88. The Labute approximate surface area is 53.8 Å². The molecular weight excluding hydrogens is 152 g/mol. The molecule has 6 N–H and O–H groups in total. The van der Waals surface area contributed by atoms with E-state index in [1.807, 2.05) is 0 Å². The highest BCUT2D eigenvalue weighted by Gasteiger charge is 1.65. The Hall–Kier alpha value is -1.68. The van der Waals surface area contributed by atoms with Gasteiger partial charge in [-0.2, -0.15) is 0 Å². The summed E-state index contributed by atoms with van der Waals surface area (Å²) in [5, 5.41) is 27.3. The number of hydrogen-bond donors (Lipinski definition) is 4. The van der Waals surface area contributed by atoms with Crippen molar-refractivity contribution in [3.05, 3.63) is 20.2 Å². The molecule has 0 aliphatic heterocycles. The average molecular weight is 158 g/mol. The van der Waals surface area contributed by atoms with Gasteiger partial charge in [0.2, 0.25) is 0 Å². The molecule has 0 saturated heterocycles. The fraction of sp³-hybridized carbons (Fsp3) is 0. The van der Waals surface area contributed by atoms with Crippen LogP contribution in [0.4, 0.5) is 0 Å². The third-order valence-electron chi connectivity index (χ3n) is 0. The summed E-state index contributed by atoms with van der Waals surface area (Å²) in [5.74, 6) is 8.00. The molecule has 0 spiro atoms. The molecule has 0 aromatic heterocycles. The predicted molar refractivity (Wildman–Crippen MR) is 25.9 cm³/mol. The van der Waals surface area contributed by atoms with Gasteiger partial charge in [-0.25, -0.2) is 0 Å². The van der Waals surface area contributed by atoms with Crippen LogP contribution < -0.4 is 11.7 Å². The second kappa shape index (κ2) is 15.7. The molecular formula is H6N4O6. The van der Waals surface area contributed by atoms with Crippen molar-refractivity contribution >= 4 is 0 Å². The molecule has 0 fully saturated rings. The van der Waals surface area contributed by atoms with Crippen LogP contribution in [0.1, 0.15) is 0 Å². The molecule has 62 valence electrons. The molecule has 0 unspecified atom stereocenters. The average Bonchev–Trinajstić information content (AvgIpc) is 1.66. The van der Waals surface area contributed by atoms with E-state index in [0.717, 1.165) is 0 Å². The highest BCUT2D eigenvalue weighted by Crippen LogP contribution is 1.38. The lowest BCUT2D eigenvalue weighted by Gasteiger charge is -1.56. The standard InChI is InChI=1S/H4N2.2HNO3/c1-2;2*2-1(3)4/h1-2H2;2*(H,2,3,4). The first-order valence-corrected chi connectivity index (χ1v) is 1.46. The lowest BCUT2D eigenvalue weighted by molar-refractivity contribution is -0.742. The van der Waals surface area contributed by atoms with Crippen LogP contribution >= 0.6 is 0 Å². The van der Waals surface area contributed by atoms with Crippen LogP contribution in [0.25, 0.3) is 0 Å². The van der Waals surface area contributed by atoms with Crippen molar-refractivity contribution in [2.24, 2.45) is 11.7 Å². The Bertz CT molecular complexity index is 67.7. The fourth-order valence-corrected chi connectivity index (χ4v) is 0. The zero-order chi connectivity index (χ0) is 9.15. The quantitative estimate of drug-likeness (QED) is 0.179. The molecule has 0 rings (SSSR count). The highest BCUT2D eigenvalue weighted by atomic mass is 16.9. The molecule has 0 saturated carbocycles. The number of nitrogens with two attached hydrogens (primary N) is 2. The van der Waals surface area contributed by atoms with Crippen LogP contribution in [-0.4, -0.2) is 20.6 Å². The van der Waals surface area contributed by atoms with Crippen molar-refractivity contribution in [3.63, 3.8) is 0 Å². The summed E-state index contributed by atoms with van der Waals surface area (Å²) in [6, 6.07) is 0. The Kier molecular flexibility index (Phi) is 24.7. The van der Waals surface area contributed by atoms with E-state index in [0.29, 0.717) is 0 Å². The zero-order valence-electron chi connectivity index (χ0n) is 4.58. The van der Waals surface area contributed by atoms with E-state index < -0.39 is 10.2 Å². The topological polar surface area (TPSA) is 179 Å². The minimum absolute atomic E-state index is 1.50. The number of hydrazine groups is 1. The maximum Gasteiger partial charge on any atom is 0.291 e. The smallest absolute Gasteiger partial charge is 0.291 e. The lowest BCUT2D eigenvalue weighted by atomic mass is 13.0. The summed E-state index contributed by atoms with van der Waals surface area (Å²) in [5.41, 5.74) is 0. The molecule has 0 aromatic carbocycles. The SMILES string of the molecule is NN.O=[N+]([O-])O.O=[N+]([O-])O. The Morgan fingerprint density at radius 1 is 1.00 bits per heavy atom. The van der Waals surface area contributed by atoms with E-state index in [-0.39, 0.29) is 0 Å². The first-order chi connectivity index (χ1) is 4.46. The molecule has 0 heterocycles. The molecule has 10 heteroatoms. The summed E-state index contributed by atoms with van der Waals surface area (Å²) >= 11 is 0. The number of nitrogens with zero attached hydrogens (tertiary/aromatic N) is 2. The van der Waals surface area contributed by atoms with E-state index in [2.05, 4.69) is 11.7 Å². The second-order valence-electron chi connectivity index (χ2n) is 0.476.